The van der Waals surface area contributed by atoms with Gasteiger partial charge in [-0.15, -0.1) is 11.8 Å². The molecule has 0 saturated carbocycles. The van der Waals surface area contributed by atoms with Crippen molar-refractivity contribution >= 4 is 23.6 Å². The summed E-state index contributed by atoms with van der Waals surface area (Å²) < 4.78 is 10.8. The molecule has 3 heterocycles. The van der Waals surface area contributed by atoms with E-state index in [1.165, 1.54) is 18.0 Å². The molecule has 0 N–H and O–H groups in total. The highest BCUT2D eigenvalue weighted by Gasteiger charge is 2.34. The highest BCUT2D eigenvalue weighted by molar-refractivity contribution is 7.98. The van der Waals surface area contributed by atoms with Crippen LogP contribution in [0.1, 0.15) is 39.3 Å². The minimum absolute atomic E-state index is 0.0188. The number of nitrogens with zero attached hydrogens (tertiary/aromatic N) is 3. The minimum Gasteiger partial charge on any atom is -0.497 e. The SMILES string of the molecule is COc1cccc(CC(C2CCN(C(=O)c3cccnc3SC)CC2)N(C)C(=O)c2ccco2)c1. The number of likely N-dealkylation sites (N-methyl/N-ethyl adjacent to an activating group) is 1. The number of benzene rings is 1. The van der Waals surface area contributed by atoms with Gasteiger partial charge in [0.05, 0.1) is 18.9 Å². The number of hydrogen-bond acceptors (Lipinski definition) is 6. The molecule has 0 radical (unpaired) electrons. The van der Waals surface area contributed by atoms with Crippen molar-refractivity contribution in [2.75, 3.05) is 33.5 Å². The Morgan fingerprint density at radius 3 is 2.69 bits per heavy atom. The zero-order valence-electron chi connectivity index (χ0n) is 20.3. The molecule has 1 aliphatic rings. The van der Waals surface area contributed by atoms with Crippen LogP contribution in [0.3, 0.4) is 0 Å². The summed E-state index contributed by atoms with van der Waals surface area (Å²) in [6.45, 7) is 1.28. The number of pyridine rings is 1. The molecule has 0 bridgehead atoms. The second kappa shape index (κ2) is 11.4. The van der Waals surface area contributed by atoms with Crippen molar-refractivity contribution in [2.24, 2.45) is 5.92 Å². The predicted octanol–water partition coefficient (Wildman–Crippen LogP) is 4.64. The smallest absolute Gasteiger partial charge is 0.289 e. The van der Waals surface area contributed by atoms with Gasteiger partial charge in [-0.2, -0.15) is 0 Å². The fourth-order valence-electron chi connectivity index (χ4n) is 4.76. The highest BCUT2D eigenvalue weighted by atomic mass is 32.2. The first kappa shape index (κ1) is 24.9. The van der Waals surface area contributed by atoms with Gasteiger partial charge in [-0.25, -0.2) is 4.98 Å². The van der Waals surface area contributed by atoms with Crippen molar-refractivity contribution in [3.05, 3.63) is 77.9 Å². The molecule has 2 aromatic heterocycles. The Kier molecular flexibility index (Phi) is 8.13. The summed E-state index contributed by atoms with van der Waals surface area (Å²) in [6, 6.07) is 15.0. The Morgan fingerprint density at radius 2 is 2.00 bits per heavy atom. The van der Waals surface area contributed by atoms with Crippen LogP contribution in [0, 0.1) is 5.92 Å². The van der Waals surface area contributed by atoms with E-state index in [9.17, 15) is 9.59 Å². The second-order valence-corrected chi connectivity index (χ2v) is 9.50. The molecule has 1 atom stereocenters. The summed E-state index contributed by atoms with van der Waals surface area (Å²) in [5.41, 5.74) is 1.75. The molecular formula is C27H31N3O4S. The lowest BCUT2D eigenvalue weighted by molar-refractivity contribution is 0.0503. The van der Waals surface area contributed by atoms with Crippen molar-refractivity contribution in [3.63, 3.8) is 0 Å². The molecule has 1 aliphatic heterocycles. The molecule has 35 heavy (non-hydrogen) atoms. The highest BCUT2D eigenvalue weighted by Crippen LogP contribution is 2.29. The normalized spacial score (nSPS) is 15.0. The maximum absolute atomic E-state index is 13.2. The van der Waals surface area contributed by atoms with E-state index in [0.29, 0.717) is 30.8 Å². The van der Waals surface area contributed by atoms with Gasteiger partial charge in [-0.1, -0.05) is 12.1 Å². The Morgan fingerprint density at radius 1 is 1.20 bits per heavy atom. The molecule has 2 amide bonds. The molecule has 1 aromatic carbocycles. The summed E-state index contributed by atoms with van der Waals surface area (Å²) in [6.07, 6.45) is 7.47. The van der Waals surface area contributed by atoms with Crippen LogP contribution >= 0.6 is 11.8 Å². The average Bonchev–Trinajstić information content (AvgIpc) is 3.46. The standard InChI is InChI=1S/C27H31N3O4S/c1-29(27(32)24-10-6-16-34-24)23(18-19-7-4-8-21(17-19)33-2)20-11-14-30(15-12-20)26(31)22-9-5-13-28-25(22)35-3/h4-10,13,16-17,20,23H,11-12,14-15,18H2,1-3H3. The van der Waals surface area contributed by atoms with E-state index in [1.54, 1.807) is 36.4 Å². The molecule has 3 aromatic rings. The molecule has 1 unspecified atom stereocenters. The number of amides is 2. The number of likely N-dealkylation sites (tertiary alicyclic amines) is 1. The average molecular weight is 494 g/mol. The van der Waals surface area contributed by atoms with Gasteiger partial charge < -0.3 is 19.0 Å². The summed E-state index contributed by atoms with van der Waals surface area (Å²) in [5, 5.41) is 0.749. The molecule has 0 aliphatic carbocycles. The van der Waals surface area contributed by atoms with Gasteiger partial charge >= 0.3 is 0 Å². The number of rotatable bonds is 8. The second-order valence-electron chi connectivity index (χ2n) is 8.71. The fourth-order valence-corrected chi connectivity index (χ4v) is 5.30. The number of piperidine rings is 1. The quantitative estimate of drug-likeness (QED) is 0.426. The summed E-state index contributed by atoms with van der Waals surface area (Å²) in [5.74, 6) is 1.24. The van der Waals surface area contributed by atoms with Crippen LogP contribution in [-0.2, 0) is 6.42 Å². The number of thioether (sulfide) groups is 1. The largest absolute Gasteiger partial charge is 0.497 e. The monoisotopic (exact) mass is 493 g/mol. The third kappa shape index (κ3) is 5.70. The van der Waals surface area contributed by atoms with Crippen molar-refractivity contribution < 1.29 is 18.7 Å². The van der Waals surface area contributed by atoms with Crippen LogP contribution < -0.4 is 4.74 Å². The van der Waals surface area contributed by atoms with Gasteiger partial charge in [0, 0.05) is 32.4 Å². The van der Waals surface area contributed by atoms with Gasteiger partial charge in [0.1, 0.15) is 10.8 Å². The molecule has 1 saturated heterocycles. The molecule has 8 heteroatoms. The minimum atomic E-state index is -0.138. The van der Waals surface area contributed by atoms with Crippen LogP contribution in [0.25, 0.3) is 0 Å². The molecular weight excluding hydrogens is 462 g/mol. The van der Waals surface area contributed by atoms with Crippen LogP contribution in [0.5, 0.6) is 5.75 Å². The van der Waals surface area contributed by atoms with E-state index in [-0.39, 0.29) is 23.8 Å². The summed E-state index contributed by atoms with van der Waals surface area (Å²) in [4.78, 5) is 34.4. The topological polar surface area (TPSA) is 75.9 Å². The van der Waals surface area contributed by atoms with Crippen molar-refractivity contribution in [1.82, 2.24) is 14.8 Å². The van der Waals surface area contributed by atoms with Crippen molar-refractivity contribution in [3.8, 4) is 5.75 Å². The lowest BCUT2D eigenvalue weighted by atomic mass is 9.84. The Bertz CT molecular complexity index is 1140. The van der Waals surface area contributed by atoms with Crippen molar-refractivity contribution in [1.29, 1.82) is 0 Å². The molecule has 4 rings (SSSR count). The van der Waals surface area contributed by atoms with E-state index in [2.05, 4.69) is 11.1 Å². The number of carbonyl (C=O) groups is 2. The summed E-state index contributed by atoms with van der Waals surface area (Å²) in [7, 11) is 3.49. The first-order valence-corrected chi connectivity index (χ1v) is 13.0. The number of aromatic nitrogens is 1. The van der Waals surface area contributed by atoms with E-state index < -0.39 is 0 Å². The van der Waals surface area contributed by atoms with Crippen molar-refractivity contribution in [2.45, 2.75) is 30.3 Å². The molecule has 1 fully saturated rings. The van der Waals surface area contributed by atoms with Gasteiger partial charge in [-0.3, -0.25) is 9.59 Å². The first-order chi connectivity index (χ1) is 17.0. The Hall–Kier alpha value is -3.26. The predicted molar refractivity (Wildman–Crippen MR) is 136 cm³/mol. The Labute approximate surface area is 210 Å². The number of furan rings is 1. The summed E-state index contributed by atoms with van der Waals surface area (Å²) >= 11 is 1.48. The van der Waals surface area contributed by atoms with E-state index in [4.69, 9.17) is 9.15 Å². The number of methoxy groups -OCH3 is 1. The maximum Gasteiger partial charge on any atom is 0.289 e. The third-order valence-electron chi connectivity index (χ3n) is 6.69. The third-order valence-corrected chi connectivity index (χ3v) is 7.41. The lowest BCUT2D eigenvalue weighted by Crippen LogP contribution is -2.48. The lowest BCUT2D eigenvalue weighted by Gasteiger charge is -2.40. The zero-order valence-corrected chi connectivity index (χ0v) is 21.2. The number of hydrogen-bond donors (Lipinski definition) is 0. The maximum atomic E-state index is 13.2. The van der Waals surface area contributed by atoms with Gasteiger partial charge in [0.2, 0.25) is 0 Å². The van der Waals surface area contributed by atoms with Gasteiger partial charge in [0.15, 0.2) is 5.76 Å². The molecule has 0 spiro atoms. The molecule has 184 valence electrons. The number of carbonyl (C=O) groups excluding carboxylic acids is 2. The fraction of sp³-hybridized carbons (Fsp3) is 0.370. The van der Waals surface area contributed by atoms with E-state index >= 15 is 0 Å². The Balaban J connectivity index is 1.51. The number of ether oxygens (including phenoxy) is 1. The van der Waals surface area contributed by atoms with E-state index in [0.717, 1.165) is 29.2 Å². The first-order valence-electron chi connectivity index (χ1n) is 11.7. The van der Waals surface area contributed by atoms with Gasteiger partial charge in [-0.05, 0) is 73.4 Å². The molecule has 7 nitrogen and oxygen atoms in total. The van der Waals surface area contributed by atoms with Crippen LogP contribution in [-0.4, -0.2) is 66.1 Å². The van der Waals surface area contributed by atoms with Crippen LogP contribution in [0.2, 0.25) is 0 Å². The van der Waals surface area contributed by atoms with Gasteiger partial charge in [0.25, 0.3) is 11.8 Å². The van der Waals surface area contributed by atoms with Crippen LogP contribution in [0.4, 0.5) is 0 Å². The van der Waals surface area contributed by atoms with Crippen LogP contribution in [0.15, 0.2) is 70.4 Å². The van der Waals surface area contributed by atoms with E-state index in [1.807, 2.05) is 42.5 Å². The zero-order chi connectivity index (χ0) is 24.8.